The second-order valence-electron chi connectivity index (χ2n) is 7.99. The second kappa shape index (κ2) is 8.09. The fraction of sp³-hybridized carbons (Fsp3) is 0.375. The van der Waals surface area contributed by atoms with Crippen molar-refractivity contribution in [2.75, 3.05) is 19.7 Å². The third-order valence-corrected chi connectivity index (χ3v) is 5.94. The Kier molecular flexibility index (Phi) is 5.52. The van der Waals surface area contributed by atoms with Gasteiger partial charge in [-0.05, 0) is 61.1 Å². The average Bonchev–Trinajstić information content (AvgIpc) is 2.73. The van der Waals surface area contributed by atoms with E-state index in [-0.39, 0.29) is 18.1 Å². The van der Waals surface area contributed by atoms with Crippen LogP contribution in [0.4, 0.5) is 4.39 Å². The molecule has 152 valence electrons. The Bertz CT molecular complexity index is 945. The number of benzene rings is 2. The zero-order valence-electron chi connectivity index (χ0n) is 16.7. The van der Waals surface area contributed by atoms with E-state index in [1.54, 1.807) is 17.0 Å². The number of likely N-dealkylation sites (tertiary alicyclic amines) is 1. The number of amides is 1. The Labute approximate surface area is 170 Å². The molecule has 0 aliphatic carbocycles. The van der Waals surface area contributed by atoms with Crippen LogP contribution in [0.15, 0.2) is 54.1 Å². The lowest BCUT2D eigenvalue weighted by Crippen LogP contribution is -2.48. The molecule has 4 nitrogen and oxygen atoms in total. The lowest BCUT2D eigenvalue weighted by Gasteiger charge is -2.42. The van der Waals surface area contributed by atoms with Gasteiger partial charge in [0.2, 0.25) is 0 Å². The minimum absolute atomic E-state index is 0.142. The number of rotatable bonds is 3. The summed E-state index contributed by atoms with van der Waals surface area (Å²) in [5, 5.41) is 9.59. The van der Waals surface area contributed by atoms with Gasteiger partial charge in [-0.2, -0.15) is 0 Å². The molecule has 0 atom stereocenters. The van der Waals surface area contributed by atoms with Crippen molar-refractivity contribution in [2.24, 2.45) is 0 Å². The summed E-state index contributed by atoms with van der Waals surface area (Å²) in [5.41, 5.74) is 3.45. The summed E-state index contributed by atoms with van der Waals surface area (Å²) in [7, 11) is 0. The first kappa shape index (κ1) is 19.8. The van der Waals surface area contributed by atoms with Crippen molar-refractivity contribution in [3.8, 4) is 11.1 Å². The fourth-order valence-corrected chi connectivity index (χ4v) is 4.35. The maximum absolute atomic E-state index is 14.3. The van der Waals surface area contributed by atoms with Crippen LogP contribution in [0, 0.1) is 5.82 Å². The molecule has 2 aliphatic heterocycles. The van der Waals surface area contributed by atoms with E-state index < -0.39 is 5.82 Å². The van der Waals surface area contributed by atoms with Crippen LogP contribution in [-0.2, 0) is 11.3 Å². The van der Waals surface area contributed by atoms with Gasteiger partial charge in [-0.1, -0.05) is 35.9 Å². The van der Waals surface area contributed by atoms with Gasteiger partial charge in [-0.3, -0.25) is 4.79 Å². The molecule has 2 aliphatic rings. The SMILES string of the molecule is CC1=CC2(CCN(C(=O)c3cc(F)cc(-c4ccccc4CO)c3)CC2)OCC1. The number of hydrogen-bond acceptors (Lipinski definition) is 3. The van der Waals surface area contributed by atoms with Gasteiger partial charge >= 0.3 is 0 Å². The van der Waals surface area contributed by atoms with Gasteiger partial charge in [0.25, 0.3) is 5.91 Å². The molecule has 1 N–H and O–H groups in total. The average molecular weight is 395 g/mol. The number of halogens is 1. The molecule has 0 radical (unpaired) electrons. The molecule has 0 unspecified atom stereocenters. The molecule has 2 aromatic rings. The first-order chi connectivity index (χ1) is 14.0. The molecule has 5 heteroatoms. The van der Waals surface area contributed by atoms with Crippen molar-refractivity contribution >= 4 is 5.91 Å². The summed E-state index contributed by atoms with van der Waals surface area (Å²) >= 11 is 0. The van der Waals surface area contributed by atoms with Crippen LogP contribution in [0.5, 0.6) is 0 Å². The quantitative estimate of drug-likeness (QED) is 0.787. The first-order valence-electron chi connectivity index (χ1n) is 10.1. The van der Waals surface area contributed by atoms with Crippen molar-refractivity contribution in [2.45, 2.75) is 38.4 Å². The number of aliphatic hydroxyl groups excluding tert-OH is 1. The predicted molar refractivity (Wildman–Crippen MR) is 110 cm³/mol. The van der Waals surface area contributed by atoms with Crippen LogP contribution < -0.4 is 0 Å². The van der Waals surface area contributed by atoms with Crippen LogP contribution in [0.3, 0.4) is 0 Å². The summed E-state index contributed by atoms with van der Waals surface area (Å²) in [4.78, 5) is 14.9. The van der Waals surface area contributed by atoms with Gasteiger partial charge in [0.15, 0.2) is 0 Å². The zero-order chi connectivity index (χ0) is 20.4. The number of aliphatic hydroxyl groups is 1. The van der Waals surface area contributed by atoms with Gasteiger partial charge in [0.05, 0.1) is 18.8 Å². The second-order valence-corrected chi connectivity index (χ2v) is 7.99. The standard InChI is InChI=1S/C24H26FNO3/c1-17-6-11-29-24(15-17)7-9-26(10-8-24)23(28)20-12-19(13-21(25)14-20)22-5-3-2-4-18(22)16-27/h2-5,12-15,27H,6-11,16H2,1H3. The first-order valence-corrected chi connectivity index (χ1v) is 10.1. The molecule has 29 heavy (non-hydrogen) atoms. The van der Waals surface area contributed by atoms with Crippen LogP contribution in [0.25, 0.3) is 11.1 Å². The van der Waals surface area contributed by atoms with Crippen molar-refractivity contribution < 1.29 is 19.0 Å². The highest BCUT2D eigenvalue weighted by Crippen LogP contribution is 2.34. The normalized spacial score (nSPS) is 18.6. The van der Waals surface area contributed by atoms with Crippen LogP contribution in [0.1, 0.15) is 42.1 Å². The Balaban J connectivity index is 1.55. The molecule has 0 aromatic heterocycles. The van der Waals surface area contributed by atoms with Crippen LogP contribution in [0.2, 0.25) is 0 Å². The molecule has 1 saturated heterocycles. The third-order valence-electron chi connectivity index (χ3n) is 5.94. The highest BCUT2D eigenvalue weighted by molar-refractivity contribution is 5.95. The fourth-order valence-electron chi connectivity index (χ4n) is 4.35. The maximum Gasteiger partial charge on any atom is 0.253 e. The summed E-state index contributed by atoms with van der Waals surface area (Å²) in [5.74, 6) is -0.625. The van der Waals surface area contributed by atoms with Gasteiger partial charge in [0, 0.05) is 18.7 Å². The largest absolute Gasteiger partial charge is 0.392 e. The minimum Gasteiger partial charge on any atom is -0.392 e. The van der Waals surface area contributed by atoms with Gasteiger partial charge < -0.3 is 14.7 Å². The Hall–Kier alpha value is -2.50. The number of ether oxygens (including phenoxy) is 1. The summed E-state index contributed by atoms with van der Waals surface area (Å²) in [6.07, 6.45) is 4.69. The van der Waals surface area contributed by atoms with E-state index in [0.29, 0.717) is 29.8 Å². The minimum atomic E-state index is -0.457. The van der Waals surface area contributed by atoms with Crippen molar-refractivity contribution in [1.82, 2.24) is 4.90 Å². The van der Waals surface area contributed by atoms with Crippen LogP contribution in [-0.4, -0.2) is 41.2 Å². The van der Waals surface area contributed by atoms with E-state index >= 15 is 0 Å². The molecule has 1 fully saturated rings. The topological polar surface area (TPSA) is 49.8 Å². The highest BCUT2D eigenvalue weighted by Gasteiger charge is 2.37. The van der Waals surface area contributed by atoms with Crippen molar-refractivity contribution in [1.29, 1.82) is 0 Å². The van der Waals surface area contributed by atoms with Gasteiger partial charge in [-0.15, -0.1) is 0 Å². The van der Waals surface area contributed by atoms with E-state index in [9.17, 15) is 14.3 Å². The predicted octanol–water partition coefficient (Wildman–Crippen LogP) is 4.33. The monoisotopic (exact) mass is 395 g/mol. The maximum atomic E-state index is 14.3. The lowest BCUT2D eigenvalue weighted by atomic mass is 9.86. The number of carbonyl (C=O) groups is 1. The Morgan fingerprint density at radius 2 is 1.97 bits per heavy atom. The highest BCUT2D eigenvalue weighted by atomic mass is 19.1. The van der Waals surface area contributed by atoms with E-state index in [1.807, 2.05) is 18.2 Å². The Morgan fingerprint density at radius 1 is 1.21 bits per heavy atom. The van der Waals surface area contributed by atoms with Crippen LogP contribution >= 0.6 is 0 Å². The van der Waals surface area contributed by atoms with E-state index in [0.717, 1.165) is 31.4 Å². The van der Waals surface area contributed by atoms with Crippen molar-refractivity contribution in [3.63, 3.8) is 0 Å². The van der Waals surface area contributed by atoms with Gasteiger partial charge in [-0.25, -0.2) is 4.39 Å². The van der Waals surface area contributed by atoms with Gasteiger partial charge in [0.1, 0.15) is 5.82 Å². The molecule has 2 heterocycles. The Morgan fingerprint density at radius 3 is 2.69 bits per heavy atom. The smallest absolute Gasteiger partial charge is 0.253 e. The number of carbonyl (C=O) groups excluding carboxylic acids is 1. The summed E-state index contributed by atoms with van der Waals surface area (Å²) < 4.78 is 20.4. The number of hydrogen-bond donors (Lipinski definition) is 1. The van der Waals surface area contributed by atoms with E-state index in [4.69, 9.17) is 4.74 Å². The number of nitrogens with zero attached hydrogens (tertiary/aromatic N) is 1. The van der Waals surface area contributed by atoms with E-state index in [2.05, 4.69) is 13.0 Å². The van der Waals surface area contributed by atoms with Crippen molar-refractivity contribution in [3.05, 3.63) is 71.1 Å². The molecule has 4 rings (SSSR count). The molecule has 2 aromatic carbocycles. The molecule has 0 bridgehead atoms. The third kappa shape index (κ3) is 4.11. The summed E-state index contributed by atoms with van der Waals surface area (Å²) in [6, 6.07) is 11.7. The molecule has 1 amide bonds. The molecule has 0 saturated carbocycles. The summed E-state index contributed by atoms with van der Waals surface area (Å²) in [6.45, 7) is 3.88. The zero-order valence-corrected chi connectivity index (χ0v) is 16.7. The lowest BCUT2D eigenvalue weighted by molar-refractivity contribution is -0.0522. The molecule has 1 spiro atoms. The molecular weight excluding hydrogens is 369 g/mol. The van der Waals surface area contributed by atoms with E-state index in [1.165, 1.54) is 17.7 Å². The molecular formula is C24H26FNO3. The number of piperidine rings is 1.